The van der Waals surface area contributed by atoms with Gasteiger partial charge in [-0.2, -0.15) is 0 Å². The van der Waals surface area contributed by atoms with Gasteiger partial charge < -0.3 is 10.2 Å². The second kappa shape index (κ2) is 4.66. The molecule has 18 heavy (non-hydrogen) atoms. The Labute approximate surface area is 107 Å². The summed E-state index contributed by atoms with van der Waals surface area (Å²) in [4.78, 5) is 12.6. The summed E-state index contributed by atoms with van der Waals surface area (Å²) in [6, 6.07) is 7.21. The molecule has 0 saturated heterocycles. The summed E-state index contributed by atoms with van der Waals surface area (Å²) >= 11 is 1.46. The molecule has 3 rings (SSSR count). The van der Waals surface area contributed by atoms with Crippen LogP contribution in [0.3, 0.4) is 0 Å². The van der Waals surface area contributed by atoms with Gasteiger partial charge in [-0.15, -0.1) is 0 Å². The molecule has 2 aromatic heterocycles. The lowest BCUT2D eigenvalue weighted by molar-refractivity contribution is 0.489. The van der Waals surface area contributed by atoms with Crippen LogP contribution in [0.15, 0.2) is 46.3 Å². The Morgan fingerprint density at radius 2 is 2.06 bits per heavy atom. The van der Waals surface area contributed by atoms with E-state index in [0.29, 0.717) is 22.2 Å². The molecule has 6 heteroatoms. The maximum Gasteiger partial charge on any atom is 0.257 e. The number of anilines is 1. The molecule has 2 heterocycles. The maximum absolute atomic E-state index is 5.68. The minimum atomic E-state index is 0.600. The summed E-state index contributed by atoms with van der Waals surface area (Å²) in [6.07, 6.45) is 3.44. The molecule has 0 amide bonds. The van der Waals surface area contributed by atoms with Gasteiger partial charge in [-0.3, -0.25) is 0 Å². The van der Waals surface area contributed by atoms with Crippen LogP contribution in [0, 0.1) is 0 Å². The number of thioether (sulfide) groups is 1. The zero-order valence-electron chi connectivity index (χ0n) is 9.41. The molecular weight excluding hydrogens is 248 g/mol. The molecule has 0 radical (unpaired) electrons. The predicted molar refractivity (Wildman–Crippen MR) is 70.0 cm³/mol. The van der Waals surface area contributed by atoms with Crippen LogP contribution >= 0.6 is 11.8 Å². The molecule has 0 bridgehead atoms. The van der Waals surface area contributed by atoms with E-state index in [4.69, 9.17) is 10.2 Å². The molecule has 1 aromatic carbocycles. The third-order valence-electron chi connectivity index (χ3n) is 2.34. The molecule has 90 valence electrons. The van der Waals surface area contributed by atoms with E-state index in [-0.39, 0.29) is 0 Å². The Morgan fingerprint density at radius 1 is 1.22 bits per heavy atom. The van der Waals surface area contributed by atoms with Crippen LogP contribution in [0.1, 0.15) is 5.82 Å². The highest BCUT2D eigenvalue weighted by Crippen LogP contribution is 2.26. The van der Waals surface area contributed by atoms with Crippen LogP contribution in [-0.4, -0.2) is 15.0 Å². The Morgan fingerprint density at radius 3 is 2.89 bits per heavy atom. The lowest BCUT2D eigenvalue weighted by Crippen LogP contribution is -1.89. The smallest absolute Gasteiger partial charge is 0.257 e. The number of benzene rings is 1. The highest BCUT2D eigenvalue weighted by molar-refractivity contribution is 7.98. The first-order valence-corrected chi connectivity index (χ1v) is 6.34. The number of oxazole rings is 1. The molecule has 0 aliphatic heterocycles. The molecule has 0 unspecified atom stereocenters. The molecule has 0 fully saturated rings. The third kappa shape index (κ3) is 2.28. The number of nitrogens with zero attached hydrogens (tertiary/aromatic N) is 3. The monoisotopic (exact) mass is 258 g/mol. The summed E-state index contributed by atoms with van der Waals surface area (Å²) in [6.45, 7) is 0. The summed E-state index contributed by atoms with van der Waals surface area (Å²) in [5.41, 5.74) is 7.86. The maximum atomic E-state index is 5.68. The predicted octanol–water partition coefficient (Wildman–Crippen LogP) is 2.49. The van der Waals surface area contributed by atoms with E-state index in [1.54, 1.807) is 30.6 Å². The summed E-state index contributed by atoms with van der Waals surface area (Å²) in [5, 5.41) is 0.600. The minimum absolute atomic E-state index is 0.600. The summed E-state index contributed by atoms with van der Waals surface area (Å²) < 4.78 is 5.59. The number of nitrogens with two attached hydrogens (primary N) is 1. The first-order valence-electron chi connectivity index (χ1n) is 5.36. The molecule has 0 saturated carbocycles. The van der Waals surface area contributed by atoms with Crippen LogP contribution in [-0.2, 0) is 5.75 Å². The van der Waals surface area contributed by atoms with Crippen LogP contribution < -0.4 is 5.73 Å². The fraction of sp³-hybridized carbons (Fsp3) is 0.0833. The van der Waals surface area contributed by atoms with Crippen molar-refractivity contribution >= 4 is 28.5 Å². The number of hydrogen-bond acceptors (Lipinski definition) is 6. The van der Waals surface area contributed by atoms with Crippen molar-refractivity contribution in [2.45, 2.75) is 11.0 Å². The van der Waals surface area contributed by atoms with Crippen molar-refractivity contribution in [2.24, 2.45) is 0 Å². The third-order valence-corrected chi connectivity index (χ3v) is 3.16. The van der Waals surface area contributed by atoms with Crippen LogP contribution in [0.25, 0.3) is 11.1 Å². The highest BCUT2D eigenvalue weighted by atomic mass is 32.2. The lowest BCUT2D eigenvalue weighted by Gasteiger charge is -1.94. The Kier molecular flexibility index (Phi) is 2.85. The first-order chi connectivity index (χ1) is 8.81. The Bertz CT molecular complexity index is 668. The number of aromatic nitrogens is 3. The molecule has 2 N–H and O–H groups in total. The van der Waals surface area contributed by atoms with Gasteiger partial charge in [0.1, 0.15) is 11.3 Å². The van der Waals surface area contributed by atoms with Gasteiger partial charge in [-0.1, -0.05) is 11.8 Å². The van der Waals surface area contributed by atoms with Crippen molar-refractivity contribution in [3.63, 3.8) is 0 Å². The summed E-state index contributed by atoms with van der Waals surface area (Å²) in [7, 11) is 0. The highest BCUT2D eigenvalue weighted by Gasteiger charge is 2.07. The van der Waals surface area contributed by atoms with Crippen molar-refractivity contribution in [3.05, 3.63) is 42.5 Å². The molecule has 0 atom stereocenters. The number of rotatable bonds is 3. The van der Waals surface area contributed by atoms with Gasteiger partial charge in [-0.05, 0) is 18.2 Å². The Balaban J connectivity index is 1.79. The summed E-state index contributed by atoms with van der Waals surface area (Å²) in [5.74, 6) is 1.38. The van der Waals surface area contributed by atoms with Gasteiger partial charge in [0.05, 0.1) is 5.75 Å². The lowest BCUT2D eigenvalue weighted by atomic mass is 10.3. The second-order valence-corrected chi connectivity index (χ2v) is 4.59. The average Bonchev–Trinajstić information content (AvgIpc) is 2.79. The van der Waals surface area contributed by atoms with Crippen molar-refractivity contribution < 1.29 is 4.42 Å². The van der Waals surface area contributed by atoms with Gasteiger partial charge >= 0.3 is 0 Å². The average molecular weight is 258 g/mol. The fourth-order valence-electron chi connectivity index (χ4n) is 1.51. The van der Waals surface area contributed by atoms with E-state index in [9.17, 15) is 0 Å². The van der Waals surface area contributed by atoms with E-state index in [1.807, 2.05) is 6.07 Å². The van der Waals surface area contributed by atoms with Crippen LogP contribution in [0.2, 0.25) is 0 Å². The van der Waals surface area contributed by atoms with Crippen LogP contribution in [0.4, 0.5) is 5.69 Å². The van der Waals surface area contributed by atoms with Crippen molar-refractivity contribution in [1.82, 2.24) is 15.0 Å². The van der Waals surface area contributed by atoms with Gasteiger partial charge in [0.2, 0.25) is 0 Å². The number of hydrogen-bond donors (Lipinski definition) is 1. The molecule has 3 aromatic rings. The standard InChI is InChI=1S/C12H10N4OS/c13-8-2-3-9-10(6-8)17-12(16-9)18-7-11-14-4-1-5-15-11/h1-6H,7,13H2. The van der Waals surface area contributed by atoms with E-state index in [1.165, 1.54) is 11.8 Å². The normalized spacial score (nSPS) is 10.9. The second-order valence-electron chi connectivity index (χ2n) is 3.66. The Hall–Kier alpha value is -2.08. The minimum Gasteiger partial charge on any atom is -0.431 e. The van der Waals surface area contributed by atoms with Gasteiger partial charge in [0.15, 0.2) is 5.58 Å². The van der Waals surface area contributed by atoms with Crippen molar-refractivity contribution in [1.29, 1.82) is 0 Å². The number of nitrogen functional groups attached to an aromatic ring is 1. The molecule has 0 aliphatic carbocycles. The zero-order chi connectivity index (χ0) is 12.4. The quantitative estimate of drug-likeness (QED) is 0.574. The topological polar surface area (TPSA) is 77.8 Å². The first kappa shape index (κ1) is 11.0. The largest absolute Gasteiger partial charge is 0.431 e. The molecule has 0 spiro atoms. The SMILES string of the molecule is Nc1ccc2nc(SCc3ncccn3)oc2c1. The molecular formula is C12H10N4OS. The molecule has 0 aliphatic rings. The van der Waals surface area contributed by atoms with E-state index < -0.39 is 0 Å². The zero-order valence-corrected chi connectivity index (χ0v) is 10.2. The van der Waals surface area contributed by atoms with Crippen molar-refractivity contribution in [3.8, 4) is 0 Å². The molecule has 5 nitrogen and oxygen atoms in total. The fourth-order valence-corrected chi connectivity index (χ4v) is 2.23. The van der Waals surface area contributed by atoms with E-state index >= 15 is 0 Å². The van der Waals surface area contributed by atoms with Gasteiger partial charge in [-0.25, -0.2) is 15.0 Å². The van der Waals surface area contributed by atoms with E-state index in [0.717, 1.165) is 11.3 Å². The van der Waals surface area contributed by atoms with Crippen molar-refractivity contribution in [2.75, 3.05) is 5.73 Å². The van der Waals surface area contributed by atoms with Gasteiger partial charge in [0.25, 0.3) is 5.22 Å². The van der Waals surface area contributed by atoms with E-state index in [2.05, 4.69) is 15.0 Å². The van der Waals surface area contributed by atoms with Crippen LogP contribution in [0.5, 0.6) is 0 Å². The van der Waals surface area contributed by atoms with Gasteiger partial charge in [0, 0.05) is 24.1 Å². The number of fused-ring (bicyclic) bond motifs is 1.